The van der Waals surface area contributed by atoms with Gasteiger partial charge >= 0.3 is 0 Å². The third-order valence-electron chi connectivity index (χ3n) is 2.77. The first-order chi connectivity index (χ1) is 5.24. The molecule has 1 fully saturated rings. The van der Waals surface area contributed by atoms with E-state index in [1.54, 1.807) is 0 Å². The first-order valence-corrected chi connectivity index (χ1v) is 5.32. The molecule has 0 unspecified atom stereocenters. The zero-order valence-electron chi connectivity index (χ0n) is 7.05. The fourth-order valence-electron chi connectivity index (χ4n) is 1.82. The first kappa shape index (κ1) is 9.53. The zero-order chi connectivity index (χ0) is 8.27. The molecule has 0 aliphatic heterocycles. The molecule has 11 heavy (non-hydrogen) atoms. The Morgan fingerprint density at radius 3 is 2.27 bits per heavy atom. The van der Waals surface area contributed by atoms with Crippen molar-refractivity contribution in [2.24, 2.45) is 11.8 Å². The number of thiol groups is 1. The maximum atomic E-state index is 5.05. The lowest BCUT2D eigenvalue weighted by atomic mass is 9.82. The van der Waals surface area contributed by atoms with Gasteiger partial charge in [-0.2, -0.15) is 0 Å². The Kier molecular flexibility index (Phi) is 3.86. The maximum Gasteiger partial charge on any atom is 0.0479 e. The molecule has 1 aliphatic rings. The van der Waals surface area contributed by atoms with Crippen molar-refractivity contribution in [3.05, 3.63) is 0 Å². The number of rotatable bonds is 2. The van der Waals surface area contributed by atoms with E-state index in [1.807, 2.05) is 0 Å². The Morgan fingerprint density at radius 2 is 1.91 bits per heavy atom. The molecule has 64 valence electrons. The maximum absolute atomic E-state index is 5.05. The second kappa shape index (κ2) is 4.46. The smallest absolute Gasteiger partial charge is 0.0479 e. The van der Waals surface area contributed by atoms with Crippen LogP contribution in [0.4, 0.5) is 0 Å². The lowest BCUT2D eigenvalue weighted by Crippen LogP contribution is -2.17. The Hall–Kier alpha value is 0.440. The molecule has 1 aliphatic carbocycles. The number of thiocarbonyl (C=S) groups is 1. The van der Waals surface area contributed by atoms with Gasteiger partial charge in [-0.15, -0.1) is 12.6 Å². The van der Waals surface area contributed by atoms with Gasteiger partial charge in [0.1, 0.15) is 0 Å². The summed E-state index contributed by atoms with van der Waals surface area (Å²) in [6, 6.07) is 0. The Balaban J connectivity index is 2.30. The highest BCUT2D eigenvalue weighted by molar-refractivity contribution is 8.11. The molecule has 0 aromatic carbocycles. The van der Waals surface area contributed by atoms with Crippen LogP contribution in [0.2, 0.25) is 0 Å². The average molecular weight is 188 g/mol. The van der Waals surface area contributed by atoms with E-state index in [0.29, 0.717) is 5.92 Å². The molecule has 0 nitrogen and oxygen atoms in total. The van der Waals surface area contributed by atoms with Crippen LogP contribution in [0.5, 0.6) is 0 Å². The third kappa shape index (κ3) is 2.75. The highest BCUT2D eigenvalue weighted by atomic mass is 32.1. The van der Waals surface area contributed by atoms with E-state index in [-0.39, 0.29) is 0 Å². The fourth-order valence-corrected chi connectivity index (χ4v) is 2.31. The van der Waals surface area contributed by atoms with E-state index in [4.69, 9.17) is 12.2 Å². The second-order valence-corrected chi connectivity index (χ2v) is 4.69. The van der Waals surface area contributed by atoms with Gasteiger partial charge < -0.3 is 0 Å². The SMILES string of the molecule is CCC1CCC(C(=S)S)CC1. The van der Waals surface area contributed by atoms with Gasteiger partial charge in [-0.1, -0.05) is 25.6 Å². The van der Waals surface area contributed by atoms with Crippen LogP contribution in [-0.2, 0) is 0 Å². The van der Waals surface area contributed by atoms with E-state index >= 15 is 0 Å². The summed E-state index contributed by atoms with van der Waals surface area (Å²) in [4.78, 5) is 0. The highest BCUT2D eigenvalue weighted by Gasteiger charge is 2.21. The van der Waals surface area contributed by atoms with Crippen molar-refractivity contribution in [3.8, 4) is 0 Å². The summed E-state index contributed by atoms with van der Waals surface area (Å²) in [7, 11) is 0. The van der Waals surface area contributed by atoms with Crippen LogP contribution in [-0.4, -0.2) is 4.20 Å². The quantitative estimate of drug-likeness (QED) is 0.511. The first-order valence-electron chi connectivity index (χ1n) is 4.46. The van der Waals surface area contributed by atoms with Gasteiger partial charge in [0.05, 0.1) is 0 Å². The predicted octanol–water partition coefficient (Wildman–Crippen LogP) is 3.46. The van der Waals surface area contributed by atoms with Crippen LogP contribution in [0.1, 0.15) is 39.0 Å². The fraction of sp³-hybridized carbons (Fsp3) is 0.889. The molecule has 0 radical (unpaired) electrons. The molecule has 0 heterocycles. The van der Waals surface area contributed by atoms with Gasteiger partial charge in [0, 0.05) is 4.20 Å². The van der Waals surface area contributed by atoms with Crippen molar-refractivity contribution >= 4 is 29.0 Å². The molecule has 1 saturated carbocycles. The zero-order valence-corrected chi connectivity index (χ0v) is 8.76. The van der Waals surface area contributed by atoms with E-state index < -0.39 is 0 Å². The molecule has 1 rings (SSSR count). The van der Waals surface area contributed by atoms with E-state index in [1.165, 1.54) is 32.1 Å². The van der Waals surface area contributed by atoms with Crippen molar-refractivity contribution in [2.75, 3.05) is 0 Å². The molecular formula is C9H16S2. The van der Waals surface area contributed by atoms with Gasteiger partial charge in [0.2, 0.25) is 0 Å². The van der Waals surface area contributed by atoms with E-state index in [9.17, 15) is 0 Å². The van der Waals surface area contributed by atoms with Crippen molar-refractivity contribution in [1.29, 1.82) is 0 Å². The summed E-state index contributed by atoms with van der Waals surface area (Å²) in [5.41, 5.74) is 0. The summed E-state index contributed by atoms with van der Waals surface area (Å²) < 4.78 is 0.930. The average Bonchev–Trinajstić information content (AvgIpc) is 2.05. The van der Waals surface area contributed by atoms with Gasteiger partial charge in [-0.25, -0.2) is 0 Å². The molecule has 0 aromatic rings. The van der Waals surface area contributed by atoms with E-state index in [2.05, 4.69) is 19.6 Å². The minimum atomic E-state index is 0.635. The molecule has 0 aromatic heterocycles. The highest BCUT2D eigenvalue weighted by Crippen LogP contribution is 2.31. The number of hydrogen-bond donors (Lipinski definition) is 1. The molecule has 0 N–H and O–H groups in total. The Labute approximate surface area is 80.2 Å². The van der Waals surface area contributed by atoms with Crippen LogP contribution < -0.4 is 0 Å². The monoisotopic (exact) mass is 188 g/mol. The van der Waals surface area contributed by atoms with Crippen molar-refractivity contribution < 1.29 is 0 Å². The van der Waals surface area contributed by atoms with Crippen LogP contribution in [0.15, 0.2) is 0 Å². The summed E-state index contributed by atoms with van der Waals surface area (Å²) in [6.07, 6.45) is 6.62. The van der Waals surface area contributed by atoms with Gasteiger partial charge in [0.25, 0.3) is 0 Å². The summed E-state index contributed by atoms with van der Waals surface area (Å²) in [6.45, 7) is 2.28. The van der Waals surface area contributed by atoms with Crippen molar-refractivity contribution in [2.45, 2.75) is 39.0 Å². The molecule has 2 heteroatoms. The van der Waals surface area contributed by atoms with Crippen LogP contribution in [0.3, 0.4) is 0 Å². The van der Waals surface area contributed by atoms with Crippen LogP contribution >= 0.6 is 24.8 Å². The van der Waals surface area contributed by atoms with Gasteiger partial charge in [-0.05, 0) is 37.5 Å². The molecule has 0 amide bonds. The summed E-state index contributed by atoms with van der Waals surface area (Å²) in [5, 5.41) is 0. The normalized spacial score (nSPS) is 31.8. The second-order valence-electron chi connectivity index (χ2n) is 3.46. The Bertz CT molecular complexity index is 134. The molecule has 0 saturated heterocycles. The van der Waals surface area contributed by atoms with Gasteiger partial charge in [-0.3, -0.25) is 0 Å². The standard InChI is InChI=1S/C9H16S2/c1-2-7-3-5-8(6-4-7)9(10)11/h7-8H,2-6H2,1H3,(H,10,11). The van der Waals surface area contributed by atoms with Crippen LogP contribution in [0.25, 0.3) is 0 Å². The van der Waals surface area contributed by atoms with E-state index in [0.717, 1.165) is 10.1 Å². The third-order valence-corrected chi connectivity index (χ3v) is 3.47. The Morgan fingerprint density at radius 1 is 1.36 bits per heavy atom. The topological polar surface area (TPSA) is 0 Å². The minimum Gasteiger partial charge on any atom is -0.136 e. The van der Waals surface area contributed by atoms with Crippen molar-refractivity contribution in [3.63, 3.8) is 0 Å². The number of hydrogen-bond acceptors (Lipinski definition) is 1. The summed E-state index contributed by atoms with van der Waals surface area (Å²) in [5.74, 6) is 1.60. The lowest BCUT2D eigenvalue weighted by molar-refractivity contribution is 0.318. The lowest BCUT2D eigenvalue weighted by Gasteiger charge is -2.26. The molecule has 0 bridgehead atoms. The largest absolute Gasteiger partial charge is 0.136 e. The van der Waals surface area contributed by atoms with Gasteiger partial charge in [0.15, 0.2) is 0 Å². The molecule has 0 spiro atoms. The molecule has 0 atom stereocenters. The predicted molar refractivity (Wildman–Crippen MR) is 57.3 cm³/mol. The molecular weight excluding hydrogens is 172 g/mol. The summed E-state index contributed by atoms with van der Waals surface area (Å²) >= 11 is 9.29. The minimum absolute atomic E-state index is 0.635. The van der Waals surface area contributed by atoms with Crippen molar-refractivity contribution in [1.82, 2.24) is 0 Å². The van der Waals surface area contributed by atoms with Crippen LogP contribution in [0, 0.1) is 11.8 Å².